The molecule has 7 heteroatoms. The number of anilines is 2. The number of fused-ring (bicyclic) bond motifs is 1. The van der Waals surface area contributed by atoms with Gasteiger partial charge in [-0.25, -0.2) is 9.97 Å². The lowest BCUT2D eigenvalue weighted by molar-refractivity contribution is 0.102. The van der Waals surface area contributed by atoms with Crippen molar-refractivity contribution in [3.63, 3.8) is 0 Å². The number of imidazole rings is 1. The van der Waals surface area contributed by atoms with Crippen LogP contribution >= 0.6 is 0 Å². The lowest BCUT2D eigenvalue weighted by Gasteiger charge is -2.35. The SMILES string of the molecule is CCN1CCN(c2ccc(-c3nc4nccc(C(=O)Nc5ccccc5)c4[nH]3)cc2)CC1. The molecule has 0 atom stereocenters. The highest BCUT2D eigenvalue weighted by molar-refractivity contribution is 6.11. The van der Waals surface area contributed by atoms with Gasteiger partial charge in [-0.15, -0.1) is 0 Å². The van der Waals surface area contributed by atoms with E-state index in [0.717, 1.165) is 44.0 Å². The van der Waals surface area contributed by atoms with Crippen LogP contribution in [0.1, 0.15) is 17.3 Å². The molecule has 32 heavy (non-hydrogen) atoms. The molecule has 4 aromatic rings. The first kappa shape index (κ1) is 20.2. The number of H-pyrrole nitrogens is 1. The van der Waals surface area contributed by atoms with Crippen molar-refractivity contribution in [2.45, 2.75) is 6.92 Å². The van der Waals surface area contributed by atoms with Crippen LogP contribution in [-0.2, 0) is 0 Å². The topological polar surface area (TPSA) is 77.2 Å². The van der Waals surface area contributed by atoms with E-state index in [-0.39, 0.29) is 5.91 Å². The van der Waals surface area contributed by atoms with Crippen molar-refractivity contribution in [1.82, 2.24) is 19.9 Å². The summed E-state index contributed by atoms with van der Waals surface area (Å²) >= 11 is 0. The third kappa shape index (κ3) is 4.07. The van der Waals surface area contributed by atoms with Gasteiger partial charge in [0, 0.05) is 49.3 Å². The number of piperazine rings is 1. The minimum Gasteiger partial charge on any atom is -0.369 e. The number of aromatic amines is 1. The lowest BCUT2D eigenvalue weighted by atomic mass is 10.1. The van der Waals surface area contributed by atoms with Crippen LogP contribution < -0.4 is 10.2 Å². The Morgan fingerprint density at radius 1 is 1.00 bits per heavy atom. The Labute approximate surface area is 187 Å². The summed E-state index contributed by atoms with van der Waals surface area (Å²) in [7, 11) is 0. The van der Waals surface area contributed by atoms with Gasteiger partial charge in [0.1, 0.15) is 5.82 Å². The number of benzene rings is 2. The summed E-state index contributed by atoms with van der Waals surface area (Å²) in [4.78, 5) is 30.0. The standard InChI is InChI=1S/C25H26N6O/c1-2-30-14-16-31(17-15-30)20-10-8-18(9-11-20)23-28-22-21(12-13-26-24(22)29-23)25(32)27-19-6-4-3-5-7-19/h3-13H,2,14-17H2,1H3,(H,27,32)(H,26,28,29). The number of hydrogen-bond acceptors (Lipinski definition) is 5. The van der Waals surface area contributed by atoms with Crippen LogP contribution in [0.5, 0.6) is 0 Å². The molecule has 0 spiro atoms. The molecule has 3 heterocycles. The van der Waals surface area contributed by atoms with Crippen molar-refractivity contribution in [2.75, 3.05) is 42.9 Å². The van der Waals surface area contributed by atoms with Crippen LogP contribution in [0.2, 0.25) is 0 Å². The predicted molar refractivity (Wildman–Crippen MR) is 128 cm³/mol. The summed E-state index contributed by atoms with van der Waals surface area (Å²) in [6.45, 7) is 7.60. The number of nitrogens with one attached hydrogen (secondary N) is 2. The fourth-order valence-electron chi connectivity index (χ4n) is 4.11. The van der Waals surface area contributed by atoms with Gasteiger partial charge in [-0.3, -0.25) is 4.79 Å². The maximum Gasteiger partial charge on any atom is 0.257 e. The number of carbonyl (C=O) groups is 1. The number of carbonyl (C=O) groups excluding carboxylic acids is 1. The molecular weight excluding hydrogens is 400 g/mol. The molecule has 1 amide bonds. The molecule has 7 nitrogen and oxygen atoms in total. The average molecular weight is 427 g/mol. The maximum absolute atomic E-state index is 12.8. The summed E-state index contributed by atoms with van der Waals surface area (Å²) in [5.74, 6) is 0.509. The third-order valence-corrected chi connectivity index (χ3v) is 5.99. The first-order valence-electron chi connectivity index (χ1n) is 11.0. The van der Waals surface area contributed by atoms with Crippen LogP contribution in [0, 0.1) is 0 Å². The number of hydrogen-bond donors (Lipinski definition) is 2. The van der Waals surface area contributed by atoms with Crippen molar-refractivity contribution in [3.05, 3.63) is 72.4 Å². The van der Waals surface area contributed by atoms with Crippen LogP contribution in [0.15, 0.2) is 66.9 Å². The molecule has 1 aliphatic heterocycles. The van der Waals surface area contributed by atoms with E-state index in [0.29, 0.717) is 22.6 Å². The quantitative estimate of drug-likeness (QED) is 0.504. The second-order valence-corrected chi connectivity index (χ2v) is 7.93. The second-order valence-electron chi connectivity index (χ2n) is 7.93. The van der Waals surface area contributed by atoms with Gasteiger partial charge < -0.3 is 20.1 Å². The van der Waals surface area contributed by atoms with Gasteiger partial charge in [0.25, 0.3) is 5.91 Å². The predicted octanol–water partition coefficient (Wildman–Crippen LogP) is 4.02. The van der Waals surface area contributed by atoms with E-state index in [2.05, 4.69) is 61.3 Å². The second kappa shape index (κ2) is 8.80. The van der Waals surface area contributed by atoms with Crippen molar-refractivity contribution < 1.29 is 4.79 Å². The van der Waals surface area contributed by atoms with E-state index in [1.165, 1.54) is 5.69 Å². The minimum absolute atomic E-state index is 0.194. The number of rotatable bonds is 5. The summed E-state index contributed by atoms with van der Waals surface area (Å²) in [5, 5.41) is 2.93. The fourth-order valence-corrected chi connectivity index (χ4v) is 4.11. The number of amides is 1. The molecule has 162 valence electrons. The first-order chi connectivity index (χ1) is 15.7. The molecule has 2 aromatic heterocycles. The molecule has 0 bridgehead atoms. The molecule has 1 aliphatic rings. The molecule has 2 N–H and O–H groups in total. The summed E-state index contributed by atoms with van der Waals surface area (Å²) in [6, 6.07) is 19.5. The molecule has 0 radical (unpaired) electrons. The van der Waals surface area contributed by atoms with Gasteiger partial charge in [0.2, 0.25) is 0 Å². The Balaban J connectivity index is 1.37. The molecule has 1 saturated heterocycles. The zero-order valence-corrected chi connectivity index (χ0v) is 18.1. The Morgan fingerprint density at radius 3 is 2.47 bits per heavy atom. The lowest BCUT2D eigenvalue weighted by Crippen LogP contribution is -2.46. The molecular formula is C25H26N6O. The van der Waals surface area contributed by atoms with Gasteiger partial charge in [0.15, 0.2) is 5.65 Å². The molecule has 0 unspecified atom stereocenters. The normalized spacial score (nSPS) is 14.6. The van der Waals surface area contributed by atoms with Crippen LogP contribution in [0.3, 0.4) is 0 Å². The molecule has 0 saturated carbocycles. The average Bonchev–Trinajstić information content (AvgIpc) is 3.29. The Morgan fingerprint density at radius 2 is 1.75 bits per heavy atom. The molecule has 0 aliphatic carbocycles. The first-order valence-corrected chi connectivity index (χ1v) is 11.0. The van der Waals surface area contributed by atoms with E-state index in [4.69, 9.17) is 0 Å². The van der Waals surface area contributed by atoms with Crippen molar-refractivity contribution in [3.8, 4) is 11.4 Å². The highest BCUT2D eigenvalue weighted by Crippen LogP contribution is 2.25. The van der Waals surface area contributed by atoms with E-state index in [9.17, 15) is 4.79 Å². The Hall–Kier alpha value is -3.71. The van der Waals surface area contributed by atoms with E-state index >= 15 is 0 Å². The summed E-state index contributed by atoms with van der Waals surface area (Å²) in [5.41, 5.74) is 4.62. The Kier molecular flexibility index (Phi) is 5.56. The van der Waals surface area contributed by atoms with Crippen molar-refractivity contribution >= 4 is 28.4 Å². The van der Waals surface area contributed by atoms with E-state index in [1.54, 1.807) is 12.3 Å². The van der Waals surface area contributed by atoms with Crippen LogP contribution in [0.25, 0.3) is 22.6 Å². The van der Waals surface area contributed by atoms with Crippen LogP contribution in [-0.4, -0.2) is 58.5 Å². The Bertz CT molecular complexity index is 1210. The molecule has 5 rings (SSSR count). The highest BCUT2D eigenvalue weighted by Gasteiger charge is 2.17. The van der Waals surface area contributed by atoms with Gasteiger partial charge in [-0.1, -0.05) is 25.1 Å². The van der Waals surface area contributed by atoms with Gasteiger partial charge in [-0.05, 0) is 49.0 Å². The van der Waals surface area contributed by atoms with E-state index in [1.807, 2.05) is 30.3 Å². The third-order valence-electron chi connectivity index (χ3n) is 5.99. The number of likely N-dealkylation sites (N-methyl/N-ethyl adjacent to an activating group) is 1. The number of aromatic nitrogens is 3. The zero-order chi connectivity index (χ0) is 21.9. The number of pyridine rings is 1. The van der Waals surface area contributed by atoms with Crippen molar-refractivity contribution in [1.29, 1.82) is 0 Å². The monoisotopic (exact) mass is 426 g/mol. The minimum atomic E-state index is -0.194. The van der Waals surface area contributed by atoms with Gasteiger partial charge in [0.05, 0.1) is 11.1 Å². The summed E-state index contributed by atoms with van der Waals surface area (Å²) in [6.07, 6.45) is 1.62. The van der Waals surface area contributed by atoms with E-state index < -0.39 is 0 Å². The highest BCUT2D eigenvalue weighted by atomic mass is 16.1. The maximum atomic E-state index is 12.8. The smallest absolute Gasteiger partial charge is 0.257 e. The molecule has 2 aromatic carbocycles. The number of para-hydroxylation sites is 1. The van der Waals surface area contributed by atoms with Gasteiger partial charge in [-0.2, -0.15) is 0 Å². The zero-order valence-electron chi connectivity index (χ0n) is 18.1. The summed E-state index contributed by atoms with van der Waals surface area (Å²) < 4.78 is 0. The molecule has 1 fully saturated rings. The number of nitrogens with zero attached hydrogens (tertiary/aromatic N) is 4. The van der Waals surface area contributed by atoms with Crippen LogP contribution in [0.4, 0.5) is 11.4 Å². The largest absolute Gasteiger partial charge is 0.369 e. The van der Waals surface area contributed by atoms with Crippen molar-refractivity contribution in [2.24, 2.45) is 0 Å². The van der Waals surface area contributed by atoms with Gasteiger partial charge >= 0.3 is 0 Å². The fraction of sp³-hybridized carbons (Fsp3) is 0.240.